The Hall–Kier alpha value is -1.69. The lowest BCUT2D eigenvalue weighted by Gasteiger charge is -2.26. The minimum atomic E-state index is -0.541. The standard InChI is InChI=1S/C12H17N3O3/c1-12(2,3)18-11(16)15-10(4-5-17-15)9-6-13-8-14-7-9/h6-8,10H,4-5H2,1-3H3/t10-/m0/s1. The first kappa shape index (κ1) is 12.8. The number of rotatable bonds is 1. The maximum absolute atomic E-state index is 12.0. The summed E-state index contributed by atoms with van der Waals surface area (Å²) in [5.74, 6) is 0. The molecular weight excluding hydrogens is 234 g/mol. The molecule has 0 radical (unpaired) electrons. The van der Waals surface area contributed by atoms with E-state index in [1.54, 1.807) is 12.4 Å². The van der Waals surface area contributed by atoms with Gasteiger partial charge in [-0.15, -0.1) is 0 Å². The molecule has 98 valence electrons. The Balaban J connectivity index is 2.11. The minimum Gasteiger partial charge on any atom is -0.442 e. The molecule has 6 nitrogen and oxygen atoms in total. The van der Waals surface area contributed by atoms with Crippen LogP contribution in [0, 0.1) is 0 Å². The Morgan fingerprint density at radius 3 is 2.72 bits per heavy atom. The molecular formula is C12H17N3O3. The second kappa shape index (κ2) is 4.89. The summed E-state index contributed by atoms with van der Waals surface area (Å²) in [7, 11) is 0. The van der Waals surface area contributed by atoms with Crippen LogP contribution >= 0.6 is 0 Å². The van der Waals surface area contributed by atoms with E-state index in [1.165, 1.54) is 11.4 Å². The van der Waals surface area contributed by atoms with Gasteiger partial charge in [0.15, 0.2) is 0 Å². The molecule has 1 aromatic heterocycles. The highest BCUT2D eigenvalue weighted by Crippen LogP contribution is 2.30. The summed E-state index contributed by atoms with van der Waals surface area (Å²) in [6.07, 6.45) is 5.06. The molecule has 0 saturated carbocycles. The molecule has 1 aromatic rings. The fourth-order valence-corrected chi connectivity index (χ4v) is 1.74. The second-order valence-electron chi connectivity index (χ2n) is 5.12. The number of hydrogen-bond donors (Lipinski definition) is 0. The molecule has 0 unspecified atom stereocenters. The molecule has 1 aliphatic rings. The lowest BCUT2D eigenvalue weighted by Crippen LogP contribution is -2.35. The first-order valence-corrected chi connectivity index (χ1v) is 5.87. The number of ether oxygens (including phenoxy) is 1. The van der Waals surface area contributed by atoms with Crippen molar-refractivity contribution in [3.8, 4) is 0 Å². The smallest absolute Gasteiger partial charge is 0.435 e. The van der Waals surface area contributed by atoms with E-state index >= 15 is 0 Å². The van der Waals surface area contributed by atoms with Crippen LogP contribution in [0.5, 0.6) is 0 Å². The van der Waals surface area contributed by atoms with Crippen LogP contribution in [0.3, 0.4) is 0 Å². The van der Waals surface area contributed by atoms with Gasteiger partial charge in [0, 0.05) is 24.4 Å². The van der Waals surface area contributed by atoms with Crippen molar-refractivity contribution in [1.82, 2.24) is 15.0 Å². The first-order valence-electron chi connectivity index (χ1n) is 5.87. The number of nitrogens with zero attached hydrogens (tertiary/aromatic N) is 3. The van der Waals surface area contributed by atoms with Gasteiger partial charge in [0.05, 0.1) is 12.6 Å². The molecule has 2 rings (SSSR count). The van der Waals surface area contributed by atoms with Crippen molar-refractivity contribution >= 4 is 6.09 Å². The van der Waals surface area contributed by atoms with Crippen LogP contribution in [0.2, 0.25) is 0 Å². The summed E-state index contributed by atoms with van der Waals surface area (Å²) in [6, 6.07) is -0.180. The van der Waals surface area contributed by atoms with Gasteiger partial charge >= 0.3 is 6.09 Å². The van der Waals surface area contributed by atoms with Crippen molar-refractivity contribution in [3.05, 3.63) is 24.3 Å². The molecule has 1 amide bonds. The highest BCUT2D eigenvalue weighted by Gasteiger charge is 2.35. The molecule has 6 heteroatoms. The molecule has 0 aromatic carbocycles. The third-order valence-corrected chi connectivity index (χ3v) is 2.44. The Bertz CT molecular complexity index is 416. The largest absolute Gasteiger partial charge is 0.442 e. The van der Waals surface area contributed by atoms with Gasteiger partial charge in [-0.05, 0) is 20.8 Å². The monoisotopic (exact) mass is 251 g/mol. The molecule has 0 N–H and O–H groups in total. The predicted molar refractivity (Wildman–Crippen MR) is 63.4 cm³/mol. The third-order valence-electron chi connectivity index (χ3n) is 2.44. The molecule has 1 saturated heterocycles. The highest BCUT2D eigenvalue weighted by molar-refractivity contribution is 5.67. The molecule has 2 heterocycles. The van der Waals surface area contributed by atoms with Crippen molar-refractivity contribution < 1.29 is 14.4 Å². The maximum atomic E-state index is 12.0. The lowest BCUT2D eigenvalue weighted by atomic mass is 10.1. The molecule has 1 fully saturated rings. The molecule has 1 atom stereocenters. The number of aromatic nitrogens is 2. The zero-order chi connectivity index (χ0) is 13.2. The molecule has 0 spiro atoms. The van der Waals surface area contributed by atoms with Gasteiger partial charge in [-0.2, -0.15) is 5.06 Å². The summed E-state index contributed by atoms with van der Waals surface area (Å²) in [5, 5.41) is 1.27. The zero-order valence-electron chi connectivity index (χ0n) is 10.8. The average Bonchev–Trinajstić information content (AvgIpc) is 2.76. The van der Waals surface area contributed by atoms with Crippen LogP contribution < -0.4 is 0 Å². The third kappa shape index (κ3) is 2.95. The van der Waals surface area contributed by atoms with Crippen LogP contribution in [-0.4, -0.2) is 33.3 Å². The first-order chi connectivity index (χ1) is 8.47. The topological polar surface area (TPSA) is 64.5 Å². The van der Waals surface area contributed by atoms with Crippen molar-refractivity contribution in [2.75, 3.05) is 6.61 Å². The molecule has 18 heavy (non-hydrogen) atoms. The van der Waals surface area contributed by atoms with E-state index in [-0.39, 0.29) is 6.04 Å². The zero-order valence-corrected chi connectivity index (χ0v) is 10.8. The molecule has 1 aliphatic heterocycles. The van der Waals surface area contributed by atoms with E-state index in [4.69, 9.17) is 9.57 Å². The summed E-state index contributed by atoms with van der Waals surface area (Å²) < 4.78 is 5.29. The van der Waals surface area contributed by atoms with E-state index in [9.17, 15) is 4.79 Å². The average molecular weight is 251 g/mol. The van der Waals surface area contributed by atoms with Crippen molar-refractivity contribution in [2.45, 2.75) is 38.8 Å². The molecule has 0 bridgehead atoms. The van der Waals surface area contributed by atoms with Crippen molar-refractivity contribution in [1.29, 1.82) is 0 Å². The van der Waals surface area contributed by atoms with Gasteiger partial charge in [0.2, 0.25) is 0 Å². The van der Waals surface area contributed by atoms with Gasteiger partial charge < -0.3 is 4.74 Å². The van der Waals surface area contributed by atoms with Crippen molar-refractivity contribution in [2.24, 2.45) is 0 Å². The number of carbonyl (C=O) groups is 1. The van der Waals surface area contributed by atoms with Crippen LogP contribution in [0.25, 0.3) is 0 Å². The Morgan fingerprint density at radius 2 is 2.11 bits per heavy atom. The normalized spacial score (nSPS) is 19.9. The second-order valence-corrected chi connectivity index (χ2v) is 5.12. The fraction of sp³-hybridized carbons (Fsp3) is 0.583. The number of amides is 1. The van der Waals surface area contributed by atoms with E-state index < -0.39 is 11.7 Å². The SMILES string of the molecule is CC(C)(C)OC(=O)N1OCC[C@H]1c1cncnc1. The summed E-state index contributed by atoms with van der Waals surface area (Å²) in [6.45, 7) is 5.95. The van der Waals surface area contributed by atoms with Gasteiger partial charge in [-0.25, -0.2) is 14.8 Å². The van der Waals surface area contributed by atoms with E-state index in [1.807, 2.05) is 20.8 Å². The van der Waals surface area contributed by atoms with Gasteiger partial charge in [-0.1, -0.05) is 0 Å². The summed E-state index contributed by atoms with van der Waals surface area (Å²) >= 11 is 0. The Morgan fingerprint density at radius 1 is 1.44 bits per heavy atom. The van der Waals surface area contributed by atoms with Gasteiger partial charge in [-0.3, -0.25) is 4.84 Å². The maximum Gasteiger partial charge on any atom is 0.435 e. The number of hydroxylamine groups is 2. The lowest BCUT2D eigenvalue weighted by molar-refractivity contribution is -0.125. The van der Waals surface area contributed by atoms with E-state index in [0.29, 0.717) is 13.0 Å². The van der Waals surface area contributed by atoms with Crippen LogP contribution in [0.4, 0.5) is 4.79 Å². The van der Waals surface area contributed by atoms with Gasteiger partial charge in [0.25, 0.3) is 0 Å². The van der Waals surface area contributed by atoms with E-state index in [2.05, 4.69) is 9.97 Å². The highest BCUT2D eigenvalue weighted by atomic mass is 16.7. The number of hydrogen-bond acceptors (Lipinski definition) is 5. The van der Waals surface area contributed by atoms with Crippen LogP contribution in [0.1, 0.15) is 38.8 Å². The predicted octanol–water partition coefficient (Wildman–Crippen LogP) is 2.09. The van der Waals surface area contributed by atoms with E-state index in [0.717, 1.165) is 5.56 Å². The van der Waals surface area contributed by atoms with Crippen LogP contribution in [0.15, 0.2) is 18.7 Å². The van der Waals surface area contributed by atoms with Crippen LogP contribution in [-0.2, 0) is 9.57 Å². The van der Waals surface area contributed by atoms with Gasteiger partial charge in [0.1, 0.15) is 11.9 Å². The molecule has 0 aliphatic carbocycles. The summed E-state index contributed by atoms with van der Waals surface area (Å²) in [5.41, 5.74) is 0.307. The quantitative estimate of drug-likeness (QED) is 0.764. The fourth-order valence-electron chi connectivity index (χ4n) is 1.74. The Labute approximate surface area is 106 Å². The number of carbonyl (C=O) groups excluding carboxylic acids is 1. The van der Waals surface area contributed by atoms with Crippen molar-refractivity contribution in [3.63, 3.8) is 0 Å². The summed E-state index contributed by atoms with van der Waals surface area (Å²) in [4.78, 5) is 25.2. The minimum absolute atomic E-state index is 0.180. The Kier molecular flexibility index (Phi) is 3.47.